The van der Waals surface area contributed by atoms with Crippen molar-refractivity contribution in [1.82, 2.24) is 10.2 Å². The average Bonchev–Trinajstić information content (AvgIpc) is 2.29. The van der Waals surface area contributed by atoms with E-state index < -0.39 is 5.97 Å². The van der Waals surface area contributed by atoms with Crippen molar-refractivity contribution in [3.63, 3.8) is 0 Å². The van der Waals surface area contributed by atoms with E-state index in [9.17, 15) is 4.79 Å². The van der Waals surface area contributed by atoms with Crippen LogP contribution in [0.4, 0.5) is 0 Å². The molecule has 5 heteroatoms. The van der Waals surface area contributed by atoms with Gasteiger partial charge in [-0.05, 0) is 36.8 Å². The van der Waals surface area contributed by atoms with Gasteiger partial charge in [-0.15, -0.1) is 10.2 Å². The van der Waals surface area contributed by atoms with Crippen LogP contribution in [0.5, 0.6) is 0 Å². The zero-order valence-electron chi connectivity index (χ0n) is 9.01. The van der Waals surface area contributed by atoms with Gasteiger partial charge in [-0.25, -0.2) is 4.79 Å². The molecule has 0 unspecified atom stereocenters. The Morgan fingerprint density at radius 1 is 1.24 bits per heavy atom. The second-order valence-corrected chi connectivity index (χ2v) is 4.00. The first-order chi connectivity index (χ1) is 8.08. The number of carboxylic acids is 1. The normalized spacial score (nSPS) is 10.2. The van der Waals surface area contributed by atoms with Gasteiger partial charge in [-0.1, -0.05) is 17.7 Å². The molecule has 0 aliphatic carbocycles. The molecular formula is C12H9ClN2O2. The van der Waals surface area contributed by atoms with Gasteiger partial charge in [0.25, 0.3) is 0 Å². The summed E-state index contributed by atoms with van der Waals surface area (Å²) in [5.74, 6) is -1.09. The second kappa shape index (κ2) is 4.51. The molecule has 4 nitrogen and oxygen atoms in total. The minimum Gasteiger partial charge on any atom is -0.476 e. The highest BCUT2D eigenvalue weighted by molar-refractivity contribution is 6.30. The lowest BCUT2D eigenvalue weighted by Gasteiger charge is -2.04. The number of aromatic carboxylic acids is 1. The maximum Gasteiger partial charge on any atom is 0.356 e. The van der Waals surface area contributed by atoms with Crippen molar-refractivity contribution in [3.05, 3.63) is 46.6 Å². The van der Waals surface area contributed by atoms with Gasteiger partial charge < -0.3 is 5.11 Å². The summed E-state index contributed by atoms with van der Waals surface area (Å²) in [7, 11) is 0. The van der Waals surface area contributed by atoms with Crippen molar-refractivity contribution in [2.24, 2.45) is 0 Å². The Hall–Kier alpha value is -1.94. The van der Waals surface area contributed by atoms with Crippen LogP contribution in [0.3, 0.4) is 0 Å². The van der Waals surface area contributed by atoms with Gasteiger partial charge in [0.05, 0.1) is 5.69 Å². The molecule has 2 rings (SSSR count). The van der Waals surface area contributed by atoms with Gasteiger partial charge in [0, 0.05) is 10.6 Å². The third-order valence-corrected chi connectivity index (χ3v) is 2.58. The summed E-state index contributed by atoms with van der Waals surface area (Å²) < 4.78 is 0. The molecule has 0 aliphatic rings. The highest BCUT2D eigenvalue weighted by Gasteiger charge is 2.08. The van der Waals surface area contributed by atoms with Crippen LogP contribution in [0.1, 0.15) is 16.1 Å². The van der Waals surface area contributed by atoms with Crippen molar-refractivity contribution in [2.45, 2.75) is 6.92 Å². The van der Waals surface area contributed by atoms with Crippen LogP contribution < -0.4 is 0 Å². The lowest BCUT2D eigenvalue weighted by molar-refractivity contribution is 0.0689. The molecule has 0 aliphatic heterocycles. The van der Waals surface area contributed by atoms with E-state index in [4.69, 9.17) is 16.7 Å². The fraction of sp³-hybridized carbons (Fsp3) is 0.0833. The molecule has 1 N–H and O–H groups in total. The molecular weight excluding hydrogens is 240 g/mol. The minimum atomic E-state index is -1.09. The molecule has 0 fully saturated rings. The highest BCUT2D eigenvalue weighted by atomic mass is 35.5. The lowest BCUT2D eigenvalue weighted by atomic mass is 10.1. The molecule has 0 radical (unpaired) electrons. The number of aromatic nitrogens is 2. The first-order valence-corrected chi connectivity index (χ1v) is 5.29. The van der Waals surface area contributed by atoms with E-state index in [1.807, 2.05) is 19.1 Å². The van der Waals surface area contributed by atoms with E-state index in [1.54, 1.807) is 12.1 Å². The number of rotatable bonds is 2. The molecule has 17 heavy (non-hydrogen) atoms. The van der Waals surface area contributed by atoms with Crippen LogP contribution in [0.25, 0.3) is 11.3 Å². The zero-order chi connectivity index (χ0) is 12.4. The summed E-state index contributed by atoms with van der Waals surface area (Å²) in [6.45, 7) is 1.91. The van der Waals surface area contributed by atoms with Gasteiger partial charge in [0.2, 0.25) is 0 Å². The van der Waals surface area contributed by atoms with Gasteiger partial charge in [0.1, 0.15) is 0 Å². The zero-order valence-corrected chi connectivity index (χ0v) is 9.77. The van der Waals surface area contributed by atoms with E-state index in [1.165, 1.54) is 6.07 Å². The molecule has 1 aromatic carbocycles. The third-order valence-electron chi connectivity index (χ3n) is 2.35. The van der Waals surface area contributed by atoms with E-state index in [-0.39, 0.29) is 5.69 Å². The van der Waals surface area contributed by atoms with Crippen molar-refractivity contribution in [1.29, 1.82) is 0 Å². The Morgan fingerprint density at radius 3 is 2.53 bits per heavy atom. The quantitative estimate of drug-likeness (QED) is 0.888. The van der Waals surface area contributed by atoms with Crippen molar-refractivity contribution >= 4 is 17.6 Å². The van der Waals surface area contributed by atoms with Crippen molar-refractivity contribution in [3.8, 4) is 11.3 Å². The number of hydrogen-bond donors (Lipinski definition) is 1. The predicted octanol–water partition coefficient (Wildman–Crippen LogP) is 2.80. The van der Waals surface area contributed by atoms with Crippen LogP contribution in [-0.4, -0.2) is 21.3 Å². The summed E-state index contributed by atoms with van der Waals surface area (Å²) in [5.41, 5.74) is 2.42. The van der Waals surface area contributed by atoms with Gasteiger partial charge in [-0.3, -0.25) is 0 Å². The Bertz CT molecular complexity index is 567. The van der Waals surface area contributed by atoms with Gasteiger partial charge in [0.15, 0.2) is 5.69 Å². The number of nitrogens with zero attached hydrogens (tertiary/aromatic N) is 2. The maximum absolute atomic E-state index is 10.6. The van der Waals surface area contributed by atoms with E-state index in [2.05, 4.69) is 10.2 Å². The summed E-state index contributed by atoms with van der Waals surface area (Å²) in [6, 6.07) is 8.48. The summed E-state index contributed by atoms with van der Waals surface area (Å²) in [5, 5.41) is 16.9. The number of hydrogen-bond acceptors (Lipinski definition) is 3. The van der Waals surface area contributed by atoms with Gasteiger partial charge >= 0.3 is 5.97 Å². The fourth-order valence-corrected chi connectivity index (χ4v) is 1.73. The van der Waals surface area contributed by atoms with Gasteiger partial charge in [-0.2, -0.15) is 0 Å². The molecule has 0 saturated heterocycles. The summed E-state index contributed by atoms with van der Waals surface area (Å²) in [6.07, 6.45) is 0. The summed E-state index contributed by atoms with van der Waals surface area (Å²) >= 11 is 5.86. The average molecular weight is 249 g/mol. The van der Waals surface area contributed by atoms with E-state index >= 15 is 0 Å². The standard InChI is InChI=1S/C12H9ClN2O2/c1-7-6-8(13)2-3-9(7)10-4-5-11(12(16)17)15-14-10/h2-6H,1H3,(H,16,17). The Morgan fingerprint density at radius 2 is 2.00 bits per heavy atom. The number of carboxylic acid groups (broad SMARTS) is 1. The van der Waals surface area contributed by atoms with E-state index in [0.717, 1.165) is 11.1 Å². The minimum absolute atomic E-state index is 0.0691. The first kappa shape index (κ1) is 11.5. The second-order valence-electron chi connectivity index (χ2n) is 3.57. The molecule has 0 spiro atoms. The largest absolute Gasteiger partial charge is 0.476 e. The Labute approximate surface area is 103 Å². The SMILES string of the molecule is Cc1cc(Cl)ccc1-c1ccc(C(=O)O)nn1. The molecule has 0 bridgehead atoms. The van der Waals surface area contributed by atoms with Crippen LogP contribution in [-0.2, 0) is 0 Å². The predicted molar refractivity (Wildman–Crippen MR) is 64.2 cm³/mol. The molecule has 86 valence electrons. The molecule has 1 aromatic heterocycles. The molecule has 0 saturated carbocycles. The van der Waals surface area contributed by atoms with E-state index in [0.29, 0.717) is 10.7 Å². The first-order valence-electron chi connectivity index (χ1n) is 4.91. The van der Waals surface area contributed by atoms with Crippen molar-refractivity contribution < 1.29 is 9.90 Å². The van der Waals surface area contributed by atoms with Crippen LogP contribution in [0, 0.1) is 6.92 Å². The van der Waals surface area contributed by atoms with Crippen LogP contribution >= 0.6 is 11.6 Å². The number of halogens is 1. The molecule has 0 atom stereocenters. The van der Waals surface area contributed by atoms with Crippen molar-refractivity contribution in [2.75, 3.05) is 0 Å². The lowest BCUT2D eigenvalue weighted by Crippen LogP contribution is -2.02. The van der Waals surface area contributed by atoms with Crippen LogP contribution in [0.2, 0.25) is 5.02 Å². The number of aryl methyl sites for hydroxylation is 1. The maximum atomic E-state index is 10.6. The summed E-state index contributed by atoms with van der Waals surface area (Å²) in [4.78, 5) is 10.6. The highest BCUT2D eigenvalue weighted by Crippen LogP contribution is 2.23. The molecule has 1 heterocycles. The monoisotopic (exact) mass is 248 g/mol. The van der Waals surface area contributed by atoms with Crippen LogP contribution in [0.15, 0.2) is 30.3 Å². The Balaban J connectivity index is 2.43. The third kappa shape index (κ3) is 2.42. The topological polar surface area (TPSA) is 63.1 Å². The molecule has 0 amide bonds. The molecule has 2 aromatic rings. The number of benzene rings is 1. The number of carbonyl (C=O) groups is 1. The Kier molecular flexibility index (Phi) is 3.06. The fourth-order valence-electron chi connectivity index (χ4n) is 1.50. The smallest absolute Gasteiger partial charge is 0.356 e.